The number of esters is 1. The van der Waals surface area contributed by atoms with E-state index in [1.54, 1.807) is 49.4 Å². The minimum absolute atomic E-state index is 0.116. The highest BCUT2D eigenvalue weighted by molar-refractivity contribution is 6.34. The van der Waals surface area contributed by atoms with Crippen LogP contribution < -0.4 is 10.2 Å². The molecule has 7 atom stereocenters. The van der Waals surface area contributed by atoms with Gasteiger partial charge in [-0.3, -0.25) is 19.2 Å². The summed E-state index contributed by atoms with van der Waals surface area (Å²) in [6, 6.07) is 5.05. The number of amides is 3. The van der Waals surface area contributed by atoms with E-state index in [0.29, 0.717) is 17.1 Å². The highest BCUT2D eigenvalue weighted by Crippen LogP contribution is 2.56. The van der Waals surface area contributed by atoms with Gasteiger partial charge in [0.25, 0.3) is 5.91 Å². The van der Waals surface area contributed by atoms with E-state index in [1.807, 2.05) is 19.9 Å². The molecule has 0 radical (unpaired) electrons. The van der Waals surface area contributed by atoms with Gasteiger partial charge in [0.1, 0.15) is 23.7 Å². The number of hydrogen-bond acceptors (Lipinski definition) is 7. The third kappa shape index (κ3) is 5.06. The number of aliphatic hydroxyl groups is 1. The summed E-state index contributed by atoms with van der Waals surface area (Å²) in [4.78, 5) is 57.8. The third-order valence-electron chi connectivity index (χ3n) is 8.44. The SMILES string of the molecule is CC(C)[C@H](CO)N1C(=O)[C@H]2[C@@H]3C(=O)O[C@H](C)CNC(=O)CC/C=C\CN(c4ccccc4Cl)C(=O)[C@H]1[C@@]21C=C[C@@H]3O1. The van der Waals surface area contributed by atoms with Gasteiger partial charge in [0.15, 0.2) is 0 Å². The zero-order valence-electron chi connectivity index (χ0n) is 23.4. The van der Waals surface area contributed by atoms with Crippen molar-refractivity contribution in [1.29, 1.82) is 0 Å². The Morgan fingerprint density at radius 3 is 2.61 bits per heavy atom. The monoisotopic (exact) mass is 585 g/mol. The summed E-state index contributed by atoms with van der Waals surface area (Å²) in [6.07, 6.45) is 6.30. The summed E-state index contributed by atoms with van der Waals surface area (Å²) in [6.45, 7) is 5.27. The quantitative estimate of drug-likeness (QED) is 0.410. The first-order chi connectivity index (χ1) is 19.6. The van der Waals surface area contributed by atoms with Crippen LogP contribution in [0.3, 0.4) is 0 Å². The second kappa shape index (κ2) is 11.6. The number of aliphatic hydroxyl groups excluding tert-OH is 1. The Morgan fingerprint density at radius 2 is 1.90 bits per heavy atom. The van der Waals surface area contributed by atoms with E-state index >= 15 is 0 Å². The summed E-state index contributed by atoms with van der Waals surface area (Å²) in [5, 5.41) is 13.5. The van der Waals surface area contributed by atoms with Crippen LogP contribution in [0.1, 0.15) is 33.6 Å². The molecule has 4 heterocycles. The first-order valence-electron chi connectivity index (χ1n) is 14.1. The van der Waals surface area contributed by atoms with Gasteiger partial charge in [-0.2, -0.15) is 0 Å². The molecule has 5 rings (SSSR count). The lowest BCUT2D eigenvalue weighted by Crippen LogP contribution is -2.59. The van der Waals surface area contributed by atoms with Crippen LogP contribution >= 0.6 is 11.6 Å². The average molecular weight is 586 g/mol. The lowest BCUT2D eigenvalue weighted by atomic mass is 9.74. The Morgan fingerprint density at radius 1 is 1.15 bits per heavy atom. The van der Waals surface area contributed by atoms with Crippen molar-refractivity contribution in [3.63, 3.8) is 0 Å². The number of para-hydroxylation sites is 1. The molecule has 41 heavy (non-hydrogen) atoms. The van der Waals surface area contributed by atoms with Gasteiger partial charge >= 0.3 is 5.97 Å². The summed E-state index contributed by atoms with van der Waals surface area (Å²) in [5.74, 6) is -3.92. The molecule has 11 heteroatoms. The number of likely N-dealkylation sites (tertiary alicyclic amines) is 1. The maximum atomic E-state index is 14.7. The molecule has 220 valence electrons. The number of allylic oxidation sites excluding steroid dienone is 1. The fourth-order valence-corrected chi connectivity index (χ4v) is 6.67. The van der Waals surface area contributed by atoms with E-state index in [1.165, 1.54) is 9.80 Å². The van der Waals surface area contributed by atoms with E-state index < -0.39 is 59.5 Å². The van der Waals surface area contributed by atoms with Gasteiger partial charge in [-0.1, -0.05) is 61.9 Å². The van der Waals surface area contributed by atoms with Crippen LogP contribution in [0.2, 0.25) is 5.02 Å². The molecular formula is C30H36ClN3O7. The van der Waals surface area contributed by atoms with E-state index in [2.05, 4.69) is 5.32 Å². The van der Waals surface area contributed by atoms with E-state index in [4.69, 9.17) is 21.1 Å². The number of fused-ring (bicyclic) bond motifs is 2. The second-order valence-electron chi connectivity index (χ2n) is 11.4. The van der Waals surface area contributed by atoms with E-state index in [-0.39, 0.29) is 37.9 Å². The van der Waals surface area contributed by atoms with Crippen LogP contribution in [0, 0.1) is 17.8 Å². The van der Waals surface area contributed by atoms with Crippen LogP contribution in [0.15, 0.2) is 48.6 Å². The summed E-state index contributed by atoms with van der Waals surface area (Å²) >= 11 is 6.57. The smallest absolute Gasteiger partial charge is 0.313 e. The molecule has 4 aliphatic heterocycles. The van der Waals surface area contributed by atoms with Gasteiger partial charge < -0.3 is 29.7 Å². The van der Waals surface area contributed by atoms with Crippen molar-refractivity contribution in [3.05, 3.63) is 53.6 Å². The minimum atomic E-state index is -1.43. The molecule has 3 amide bonds. The second-order valence-corrected chi connectivity index (χ2v) is 11.8. The molecule has 0 aromatic heterocycles. The predicted molar refractivity (Wildman–Crippen MR) is 151 cm³/mol. The molecule has 1 aromatic rings. The topological polar surface area (TPSA) is 125 Å². The number of carbonyl (C=O) groups is 4. The fraction of sp³-hybridized carbons (Fsp3) is 0.533. The first kappa shape index (κ1) is 29.3. The number of nitrogens with zero attached hydrogens (tertiary/aromatic N) is 2. The number of halogens is 1. The number of rotatable bonds is 4. The van der Waals surface area contributed by atoms with Gasteiger partial charge in [0, 0.05) is 13.0 Å². The van der Waals surface area contributed by atoms with Crippen molar-refractivity contribution in [3.8, 4) is 0 Å². The van der Waals surface area contributed by atoms with Crippen molar-refractivity contribution in [1.82, 2.24) is 10.2 Å². The number of carbonyl (C=O) groups excluding carboxylic acids is 4. The van der Waals surface area contributed by atoms with Gasteiger partial charge in [-0.05, 0) is 31.4 Å². The maximum Gasteiger partial charge on any atom is 0.313 e. The average Bonchev–Trinajstić information content (AvgIpc) is 3.57. The Hall–Kier alpha value is -3.21. The Kier molecular flexibility index (Phi) is 8.27. The zero-order chi connectivity index (χ0) is 29.5. The standard InChI is InChI=1S/C30H36ClN3O7/c1-17(2)21(16-35)34-26-28(38)33(20-10-7-6-9-19(20)31)14-8-4-5-11-23(36)32-15-18(3)40-29(39)24-22-12-13-30(26,41-22)25(24)27(34)37/h4,6-10,12-13,17-18,21-22,24-26,35H,5,11,14-16H2,1-3H3,(H,32,36)/b8-4-/t18-,21+,22+,24-,25-,26+,30-/m1/s1. The Bertz CT molecular complexity index is 1280. The number of ether oxygens (including phenoxy) is 2. The predicted octanol–water partition coefficient (Wildman–Crippen LogP) is 2.24. The fourth-order valence-electron chi connectivity index (χ4n) is 6.44. The lowest BCUT2D eigenvalue weighted by Gasteiger charge is -2.40. The zero-order valence-corrected chi connectivity index (χ0v) is 24.1. The number of nitrogens with one attached hydrogen (secondary N) is 1. The molecule has 5 bridgehead atoms. The van der Waals surface area contributed by atoms with Gasteiger partial charge in [-0.25, -0.2) is 0 Å². The molecule has 0 unspecified atom stereocenters. The summed E-state index contributed by atoms with van der Waals surface area (Å²) < 4.78 is 12.1. The number of anilines is 1. The normalized spacial score (nSPS) is 33.7. The minimum Gasteiger partial charge on any atom is -0.460 e. The van der Waals surface area contributed by atoms with Gasteiger partial charge in [0.2, 0.25) is 11.8 Å². The highest BCUT2D eigenvalue weighted by Gasteiger charge is 2.74. The molecule has 1 aromatic carbocycles. The number of hydrogen-bond donors (Lipinski definition) is 2. The Balaban J connectivity index is 1.65. The van der Waals surface area contributed by atoms with Gasteiger partial charge in [-0.15, -0.1) is 0 Å². The van der Waals surface area contributed by atoms with Crippen LogP contribution in [0.4, 0.5) is 5.69 Å². The lowest BCUT2D eigenvalue weighted by molar-refractivity contribution is -0.159. The van der Waals surface area contributed by atoms with Crippen LogP contribution in [0.25, 0.3) is 0 Å². The number of cyclic esters (lactones) is 1. The largest absolute Gasteiger partial charge is 0.460 e. The van der Waals surface area contributed by atoms with Crippen LogP contribution in [-0.2, 0) is 28.7 Å². The Labute approximate surface area is 244 Å². The summed E-state index contributed by atoms with van der Waals surface area (Å²) in [7, 11) is 0. The van der Waals surface area contributed by atoms with Crippen molar-refractivity contribution in [2.75, 3.05) is 24.6 Å². The molecule has 4 aliphatic rings. The van der Waals surface area contributed by atoms with Crippen molar-refractivity contribution < 1.29 is 33.8 Å². The molecule has 0 aliphatic carbocycles. The van der Waals surface area contributed by atoms with Crippen molar-refractivity contribution in [2.45, 2.75) is 63.5 Å². The van der Waals surface area contributed by atoms with E-state index in [0.717, 1.165) is 0 Å². The van der Waals surface area contributed by atoms with E-state index in [9.17, 15) is 24.3 Å². The van der Waals surface area contributed by atoms with Gasteiger partial charge in [0.05, 0.1) is 41.9 Å². The molecule has 2 N–H and O–H groups in total. The summed E-state index contributed by atoms with van der Waals surface area (Å²) in [5.41, 5.74) is -0.988. The van der Waals surface area contributed by atoms with Crippen molar-refractivity contribution in [2.24, 2.45) is 17.8 Å². The maximum absolute atomic E-state index is 14.7. The third-order valence-corrected chi connectivity index (χ3v) is 8.76. The molecule has 10 nitrogen and oxygen atoms in total. The van der Waals surface area contributed by atoms with Crippen LogP contribution in [-0.4, -0.2) is 83.3 Å². The molecule has 0 saturated carbocycles. The highest BCUT2D eigenvalue weighted by atomic mass is 35.5. The molecule has 1 spiro atoms. The van der Waals surface area contributed by atoms with Crippen LogP contribution in [0.5, 0.6) is 0 Å². The number of benzene rings is 1. The first-order valence-corrected chi connectivity index (χ1v) is 14.5. The molecular weight excluding hydrogens is 550 g/mol. The molecule has 2 saturated heterocycles. The van der Waals surface area contributed by atoms with Crippen molar-refractivity contribution >= 4 is 41.0 Å². The molecule has 2 fully saturated rings.